The van der Waals surface area contributed by atoms with Crippen molar-refractivity contribution in [3.63, 3.8) is 0 Å². The molecule has 0 bridgehead atoms. The van der Waals surface area contributed by atoms with E-state index < -0.39 is 0 Å². The lowest BCUT2D eigenvalue weighted by Gasteiger charge is -2.14. The van der Waals surface area contributed by atoms with Crippen molar-refractivity contribution in [2.75, 3.05) is 0 Å². The van der Waals surface area contributed by atoms with Crippen LogP contribution in [0.3, 0.4) is 0 Å². The molecule has 5 heteroatoms. The number of aromatic nitrogens is 1. The molecular formula is C14H14FN3S. The third-order valence-electron chi connectivity index (χ3n) is 2.80. The van der Waals surface area contributed by atoms with Crippen LogP contribution in [0.1, 0.15) is 35.5 Å². The van der Waals surface area contributed by atoms with E-state index in [1.165, 1.54) is 12.1 Å². The Kier molecular flexibility index (Phi) is 4.61. The number of nitriles is 1. The first-order chi connectivity index (χ1) is 9.22. The van der Waals surface area contributed by atoms with E-state index >= 15 is 0 Å². The van der Waals surface area contributed by atoms with Gasteiger partial charge in [-0.1, -0.05) is 6.92 Å². The third-order valence-corrected chi connectivity index (χ3v) is 3.69. The largest absolute Gasteiger partial charge is 0.304 e. The standard InChI is InChI=1S/C14H14FN3S/c1-2-13(14-17-3-4-19-14)18-9-11-5-10(8-16)6-12(15)7-11/h3-7,13,18H,2,9H2,1H3. The maximum absolute atomic E-state index is 13.3. The fourth-order valence-electron chi connectivity index (χ4n) is 1.87. The van der Waals surface area contributed by atoms with Crippen molar-refractivity contribution in [1.29, 1.82) is 5.26 Å². The predicted octanol–water partition coefficient (Wildman–Crippen LogP) is 3.39. The number of hydrogen-bond donors (Lipinski definition) is 1. The van der Waals surface area contributed by atoms with Gasteiger partial charge in [-0.05, 0) is 30.2 Å². The van der Waals surface area contributed by atoms with Crippen LogP contribution in [0.25, 0.3) is 0 Å². The molecule has 0 aliphatic heterocycles. The summed E-state index contributed by atoms with van der Waals surface area (Å²) in [5, 5.41) is 15.1. The molecule has 0 fully saturated rings. The fraction of sp³-hybridized carbons (Fsp3) is 0.286. The van der Waals surface area contributed by atoms with E-state index in [1.807, 2.05) is 11.4 Å². The van der Waals surface area contributed by atoms with E-state index in [1.54, 1.807) is 23.6 Å². The number of rotatable bonds is 5. The van der Waals surface area contributed by atoms with Crippen LogP contribution in [0.5, 0.6) is 0 Å². The van der Waals surface area contributed by atoms with E-state index in [-0.39, 0.29) is 11.9 Å². The molecule has 0 radical (unpaired) electrons. The molecule has 98 valence electrons. The van der Waals surface area contributed by atoms with Crippen molar-refractivity contribution in [3.8, 4) is 6.07 Å². The highest BCUT2D eigenvalue weighted by atomic mass is 32.1. The molecule has 19 heavy (non-hydrogen) atoms. The summed E-state index contributed by atoms with van der Waals surface area (Å²) in [5.41, 5.74) is 1.12. The van der Waals surface area contributed by atoms with Gasteiger partial charge in [0.2, 0.25) is 0 Å². The van der Waals surface area contributed by atoms with Gasteiger partial charge < -0.3 is 5.32 Å². The van der Waals surface area contributed by atoms with Crippen LogP contribution in [0.4, 0.5) is 4.39 Å². The number of thiazole rings is 1. The molecule has 0 spiro atoms. The Hall–Kier alpha value is -1.77. The topological polar surface area (TPSA) is 48.7 Å². The number of hydrogen-bond acceptors (Lipinski definition) is 4. The van der Waals surface area contributed by atoms with Gasteiger partial charge in [-0.25, -0.2) is 9.37 Å². The fourth-order valence-corrected chi connectivity index (χ4v) is 2.67. The van der Waals surface area contributed by atoms with Crippen LogP contribution < -0.4 is 5.32 Å². The summed E-state index contributed by atoms with van der Waals surface area (Å²) in [4.78, 5) is 4.28. The Morgan fingerprint density at radius 3 is 2.95 bits per heavy atom. The zero-order valence-electron chi connectivity index (χ0n) is 10.6. The summed E-state index contributed by atoms with van der Waals surface area (Å²) in [5.74, 6) is -0.377. The van der Waals surface area contributed by atoms with Crippen LogP contribution in [0.15, 0.2) is 29.8 Å². The van der Waals surface area contributed by atoms with Crippen molar-refractivity contribution in [2.45, 2.75) is 25.9 Å². The van der Waals surface area contributed by atoms with Gasteiger partial charge in [0.05, 0.1) is 17.7 Å². The molecular weight excluding hydrogens is 261 g/mol. The Labute approximate surface area is 115 Å². The molecule has 2 aromatic rings. The van der Waals surface area contributed by atoms with Gasteiger partial charge in [-0.15, -0.1) is 11.3 Å². The van der Waals surface area contributed by atoms with Crippen molar-refractivity contribution in [2.24, 2.45) is 0 Å². The summed E-state index contributed by atoms with van der Waals surface area (Å²) >= 11 is 1.60. The lowest BCUT2D eigenvalue weighted by Crippen LogP contribution is -2.20. The van der Waals surface area contributed by atoms with E-state index in [4.69, 9.17) is 5.26 Å². The second-order valence-electron chi connectivity index (χ2n) is 4.17. The lowest BCUT2D eigenvalue weighted by molar-refractivity contribution is 0.515. The molecule has 1 heterocycles. The highest BCUT2D eigenvalue weighted by Gasteiger charge is 2.11. The summed E-state index contributed by atoms with van der Waals surface area (Å²) in [6.07, 6.45) is 2.69. The first-order valence-corrected chi connectivity index (χ1v) is 6.93. The Bertz CT molecular complexity index is 575. The molecule has 2 rings (SSSR count). The number of nitrogens with one attached hydrogen (secondary N) is 1. The average molecular weight is 275 g/mol. The molecule has 0 aliphatic carbocycles. The number of halogens is 1. The second kappa shape index (κ2) is 6.41. The maximum Gasteiger partial charge on any atom is 0.124 e. The van der Waals surface area contributed by atoms with Gasteiger partial charge in [0.1, 0.15) is 10.8 Å². The molecule has 0 aliphatic rings. The summed E-state index contributed by atoms with van der Waals surface area (Å²) in [6.45, 7) is 2.59. The minimum Gasteiger partial charge on any atom is -0.304 e. The van der Waals surface area contributed by atoms with Crippen molar-refractivity contribution >= 4 is 11.3 Å². The summed E-state index contributed by atoms with van der Waals surface area (Å²) in [6, 6.07) is 6.50. The van der Waals surface area contributed by atoms with E-state index in [0.717, 1.165) is 17.0 Å². The molecule has 1 unspecified atom stereocenters. The van der Waals surface area contributed by atoms with Crippen LogP contribution in [-0.4, -0.2) is 4.98 Å². The van der Waals surface area contributed by atoms with Crippen LogP contribution >= 0.6 is 11.3 Å². The zero-order chi connectivity index (χ0) is 13.7. The highest BCUT2D eigenvalue weighted by Crippen LogP contribution is 2.19. The van der Waals surface area contributed by atoms with Crippen LogP contribution in [0.2, 0.25) is 0 Å². The maximum atomic E-state index is 13.3. The molecule has 0 amide bonds. The minimum atomic E-state index is -0.377. The first-order valence-electron chi connectivity index (χ1n) is 6.05. The van der Waals surface area contributed by atoms with E-state index in [9.17, 15) is 4.39 Å². The normalized spacial score (nSPS) is 12.1. The molecule has 3 nitrogen and oxygen atoms in total. The molecule has 1 aromatic carbocycles. The SMILES string of the molecule is CCC(NCc1cc(F)cc(C#N)c1)c1nccs1. The number of nitrogens with zero attached hydrogens (tertiary/aromatic N) is 2. The van der Waals surface area contributed by atoms with E-state index in [0.29, 0.717) is 12.1 Å². The van der Waals surface area contributed by atoms with Crippen molar-refractivity contribution < 1.29 is 4.39 Å². The van der Waals surface area contributed by atoms with Gasteiger partial charge in [-0.2, -0.15) is 5.26 Å². The van der Waals surface area contributed by atoms with Crippen LogP contribution in [0, 0.1) is 17.1 Å². The van der Waals surface area contributed by atoms with Gasteiger partial charge in [-0.3, -0.25) is 0 Å². The Morgan fingerprint density at radius 1 is 1.47 bits per heavy atom. The van der Waals surface area contributed by atoms with Gasteiger partial charge in [0, 0.05) is 18.1 Å². The quantitative estimate of drug-likeness (QED) is 0.909. The van der Waals surface area contributed by atoms with Gasteiger partial charge >= 0.3 is 0 Å². The molecule has 0 saturated carbocycles. The first kappa shape index (κ1) is 13.7. The predicted molar refractivity (Wildman–Crippen MR) is 73.1 cm³/mol. The zero-order valence-corrected chi connectivity index (χ0v) is 11.4. The summed E-state index contributed by atoms with van der Waals surface area (Å²) < 4.78 is 13.3. The Morgan fingerprint density at radius 2 is 2.32 bits per heavy atom. The van der Waals surface area contributed by atoms with Crippen molar-refractivity contribution in [1.82, 2.24) is 10.3 Å². The highest BCUT2D eigenvalue weighted by molar-refractivity contribution is 7.09. The summed E-state index contributed by atoms with van der Waals surface area (Å²) in [7, 11) is 0. The smallest absolute Gasteiger partial charge is 0.124 e. The third kappa shape index (κ3) is 3.60. The number of benzene rings is 1. The molecule has 1 atom stereocenters. The monoisotopic (exact) mass is 275 g/mol. The van der Waals surface area contributed by atoms with E-state index in [2.05, 4.69) is 17.2 Å². The molecule has 1 aromatic heterocycles. The average Bonchev–Trinajstić information content (AvgIpc) is 2.93. The molecule has 1 N–H and O–H groups in total. The van der Waals surface area contributed by atoms with Gasteiger partial charge in [0.15, 0.2) is 0 Å². The molecule has 0 saturated heterocycles. The van der Waals surface area contributed by atoms with Crippen molar-refractivity contribution in [3.05, 3.63) is 51.7 Å². The van der Waals surface area contributed by atoms with Crippen LogP contribution in [-0.2, 0) is 6.54 Å². The second-order valence-corrected chi connectivity index (χ2v) is 5.10. The minimum absolute atomic E-state index is 0.161. The Balaban J connectivity index is 2.06. The van der Waals surface area contributed by atoms with Gasteiger partial charge in [0.25, 0.3) is 0 Å². The lowest BCUT2D eigenvalue weighted by atomic mass is 10.1.